The van der Waals surface area contributed by atoms with Gasteiger partial charge in [0, 0.05) is 6.54 Å². The molecule has 0 aromatic heterocycles. The largest absolute Gasteiger partial charge is 0.493 e. The first-order valence-electron chi connectivity index (χ1n) is 8.86. The lowest BCUT2D eigenvalue weighted by atomic mass is 9.91. The van der Waals surface area contributed by atoms with Gasteiger partial charge in [0.15, 0.2) is 11.5 Å². The van der Waals surface area contributed by atoms with E-state index in [0.717, 1.165) is 11.1 Å². The number of hydrogen-bond acceptors (Lipinski definition) is 5. The zero-order valence-corrected chi connectivity index (χ0v) is 16.2. The Labute approximate surface area is 164 Å². The fraction of sp³-hybridized carbons (Fsp3) is 0.333. The Morgan fingerprint density at radius 3 is 2.43 bits per heavy atom. The third-order valence-electron chi connectivity index (χ3n) is 4.89. The summed E-state index contributed by atoms with van der Waals surface area (Å²) in [4.78, 5) is 26.7. The molecule has 3 rings (SSSR count). The lowest BCUT2D eigenvalue weighted by Crippen LogP contribution is -2.46. The van der Waals surface area contributed by atoms with Gasteiger partial charge in [0.05, 0.1) is 27.8 Å². The number of carbonyl (C=O) groups excluding carboxylic acids is 2. The third-order valence-corrected chi connectivity index (χ3v) is 4.89. The van der Waals surface area contributed by atoms with Crippen molar-refractivity contribution in [3.05, 3.63) is 53.1 Å². The Bertz CT molecular complexity index is 871. The van der Waals surface area contributed by atoms with Gasteiger partial charge in [-0.15, -0.1) is 0 Å². The van der Waals surface area contributed by atoms with Gasteiger partial charge in [-0.3, -0.25) is 9.59 Å². The summed E-state index contributed by atoms with van der Waals surface area (Å²) in [5.41, 5.74) is 8.07. The molecule has 1 radical (unpaired) electrons. The van der Waals surface area contributed by atoms with E-state index < -0.39 is 11.9 Å². The van der Waals surface area contributed by atoms with Crippen LogP contribution in [0.2, 0.25) is 0 Å². The Kier molecular flexibility index (Phi) is 5.73. The maximum atomic E-state index is 13.0. The molecule has 2 N–H and O–H groups in total. The Hall–Kier alpha value is -3.22. The van der Waals surface area contributed by atoms with Gasteiger partial charge < -0.3 is 24.8 Å². The van der Waals surface area contributed by atoms with E-state index >= 15 is 0 Å². The molecule has 28 heavy (non-hydrogen) atoms. The van der Waals surface area contributed by atoms with E-state index in [0.29, 0.717) is 35.8 Å². The lowest BCUT2D eigenvalue weighted by Gasteiger charge is -2.35. The molecule has 2 aromatic carbocycles. The van der Waals surface area contributed by atoms with E-state index in [4.69, 9.17) is 19.9 Å². The predicted molar refractivity (Wildman–Crippen MR) is 102 cm³/mol. The molecule has 1 heterocycles. The minimum atomic E-state index is -0.784. The van der Waals surface area contributed by atoms with Gasteiger partial charge in [-0.25, -0.2) is 0 Å². The van der Waals surface area contributed by atoms with Crippen LogP contribution in [-0.4, -0.2) is 44.6 Å². The van der Waals surface area contributed by atoms with Crippen LogP contribution < -0.4 is 19.9 Å². The van der Waals surface area contributed by atoms with Crippen molar-refractivity contribution in [3.8, 4) is 17.2 Å². The van der Waals surface area contributed by atoms with Gasteiger partial charge in [0.2, 0.25) is 17.6 Å². The van der Waals surface area contributed by atoms with Gasteiger partial charge >= 0.3 is 0 Å². The standard InChI is InChI=1S/C21H23N2O5/c1-26-16-10-13(11-17(27-2)20(16)28-3)12-18(24)23-9-8-14-6-4-5-7-15(14)19(23)21(22)25/h5-7,10-11,19H,8-9,12H2,1-3H3,(H2,22,25). The normalized spacial score (nSPS) is 15.5. The summed E-state index contributed by atoms with van der Waals surface area (Å²) in [5.74, 6) is 0.646. The Morgan fingerprint density at radius 1 is 1.18 bits per heavy atom. The average Bonchev–Trinajstić information content (AvgIpc) is 2.71. The second kappa shape index (κ2) is 8.21. The molecule has 147 valence electrons. The first-order valence-corrected chi connectivity index (χ1v) is 8.86. The molecule has 2 amide bonds. The SMILES string of the molecule is COc1cc(CC(=O)N2CCc3c[c]ccc3C2C(N)=O)cc(OC)c1OC. The molecule has 1 aliphatic rings. The van der Waals surface area contributed by atoms with Crippen molar-refractivity contribution in [1.82, 2.24) is 4.90 Å². The van der Waals surface area contributed by atoms with Crippen molar-refractivity contribution in [2.75, 3.05) is 27.9 Å². The van der Waals surface area contributed by atoms with Crippen molar-refractivity contribution in [2.45, 2.75) is 18.9 Å². The Balaban J connectivity index is 1.90. The van der Waals surface area contributed by atoms with Crippen LogP contribution in [0.5, 0.6) is 17.2 Å². The van der Waals surface area contributed by atoms with Crippen molar-refractivity contribution in [2.24, 2.45) is 5.73 Å². The number of carbonyl (C=O) groups is 2. The van der Waals surface area contributed by atoms with E-state index in [1.165, 1.54) is 26.2 Å². The maximum Gasteiger partial charge on any atom is 0.244 e. The highest BCUT2D eigenvalue weighted by Crippen LogP contribution is 2.38. The fourth-order valence-corrected chi connectivity index (χ4v) is 3.59. The third kappa shape index (κ3) is 3.60. The summed E-state index contributed by atoms with van der Waals surface area (Å²) in [6, 6.07) is 11.0. The molecule has 0 fully saturated rings. The number of hydrogen-bond donors (Lipinski definition) is 1. The van der Waals surface area contributed by atoms with Gasteiger partial charge in [-0.2, -0.15) is 0 Å². The molecule has 7 heteroatoms. The number of primary amides is 1. The van der Waals surface area contributed by atoms with Crippen LogP contribution in [0.4, 0.5) is 0 Å². The van der Waals surface area contributed by atoms with Crippen LogP contribution in [0.3, 0.4) is 0 Å². The van der Waals surface area contributed by atoms with Gasteiger partial charge in [-0.05, 0) is 41.3 Å². The number of ether oxygens (including phenoxy) is 3. The van der Waals surface area contributed by atoms with Crippen molar-refractivity contribution >= 4 is 11.8 Å². The minimum absolute atomic E-state index is 0.0782. The number of amides is 2. The topological polar surface area (TPSA) is 91.1 Å². The van der Waals surface area contributed by atoms with Crippen molar-refractivity contribution in [1.29, 1.82) is 0 Å². The number of rotatable bonds is 6. The fourth-order valence-electron chi connectivity index (χ4n) is 3.59. The van der Waals surface area contributed by atoms with Crippen molar-refractivity contribution < 1.29 is 23.8 Å². The van der Waals surface area contributed by atoms with E-state index in [1.807, 2.05) is 6.07 Å². The highest BCUT2D eigenvalue weighted by Gasteiger charge is 2.34. The maximum absolute atomic E-state index is 13.0. The van der Waals surface area contributed by atoms with Crippen LogP contribution in [0.15, 0.2) is 30.3 Å². The molecule has 0 saturated carbocycles. The average molecular weight is 383 g/mol. The van der Waals surface area contributed by atoms with Crippen LogP contribution in [0.1, 0.15) is 22.7 Å². The molecular formula is C21H23N2O5. The molecule has 1 aliphatic heterocycles. The molecule has 0 saturated heterocycles. The molecule has 1 unspecified atom stereocenters. The summed E-state index contributed by atoms with van der Waals surface area (Å²) in [7, 11) is 4.56. The summed E-state index contributed by atoms with van der Waals surface area (Å²) in [5, 5.41) is 0. The second-order valence-electron chi connectivity index (χ2n) is 6.48. The second-order valence-corrected chi connectivity index (χ2v) is 6.48. The van der Waals surface area contributed by atoms with Gasteiger partial charge in [-0.1, -0.05) is 18.2 Å². The minimum Gasteiger partial charge on any atom is -0.493 e. The van der Waals surface area contributed by atoms with Crippen LogP contribution in [0.25, 0.3) is 0 Å². The van der Waals surface area contributed by atoms with E-state index in [1.54, 1.807) is 24.3 Å². The highest BCUT2D eigenvalue weighted by atomic mass is 16.5. The van der Waals surface area contributed by atoms with Crippen LogP contribution >= 0.6 is 0 Å². The quantitative estimate of drug-likeness (QED) is 0.819. The Morgan fingerprint density at radius 2 is 1.86 bits per heavy atom. The molecule has 0 bridgehead atoms. The van der Waals surface area contributed by atoms with Gasteiger partial charge in [0.25, 0.3) is 0 Å². The number of benzene rings is 2. The predicted octanol–water partition coefficient (Wildman–Crippen LogP) is 1.67. The smallest absolute Gasteiger partial charge is 0.244 e. The van der Waals surface area contributed by atoms with E-state index in [2.05, 4.69) is 6.07 Å². The van der Waals surface area contributed by atoms with E-state index in [-0.39, 0.29) is 12.3 Å². The van der Waals surface area contributed by atoms with Crippen LogP contribution in [0, 0.1) is 6.07 Å². The first kappa shape index (κ1) is 19.5. The zero-order chi connectivity index (χ0) is 20.3. The highest BCUT2D eigenvalue weighted by molar-refractivity contribution is 5.89. The van der Waals surface area contributed by atoms with Gasteiger partial charge in [0.1, 0.15) is 6.04 Å². The first-order chi connectivity index (χ1) is 13.5. The number of nitrogens with two attached hydrogens (primary N) is 1. The lowest BCUT2D eigenvalue weighted by molar-refractivity contribution is -0.139. The molecule has 0 spiro atoms. The van der Waals surface area contributed by atoms with Crippen molar-refractivity contribution in [3.63, 3.8) is 0 Å². The summed E-state index contributed by atoms with van der Waals surface area (Å²) < 4.78 is 16.0. The molecule has 2 aromatic rings. The summed E-state index contributed by atoms with van der Waals surface area (Å²) in [6.45, 7) is 0.418. The van der Waals surface area contributed by atoms with E-state index in [9.17, 15) is 9.59 Å². The molecular weight excluding hydrogens is 360 g/mol. The molecule has 1 atom stereocenters. The number of fused-ring (bicyclic) bond motifs is 1. The summed E-state index contributed by atoms with van der Waals surface area (Å²) in [6.07, 6.45) is 0.728. The zero-order valence-electron chi connectivity index (χ0n) is 16.2. The summed E-state index contributed by atoms with van der Waals surface area (Å²) >= 11 is 0. The molecule has 7 nitrogen and oxygen atoms in total. The number of methoxy groups -OCH3 is 3. The van der Waals surface area contributed by atoms with Crippen LogP contribution in [-0.2, 0) is 22.4 Å². The molecule has 0 aliphatic carbocycles. The number of nitrogens with zero attached hydrogens (tertiary/aromatic N) is 1. The monoisotopic (exact) mass is 383 g/mol.